The van der Waals surface area contributed by atoms with E-state index in [1.54, 1.807) is 0 Å². The van der Waals surface area contributed by atoms with E-state index in [2.05, 4.69) is 39.3 Å². The van der Waals surface area contributed by atoms with Crippen molar-refractivity contribution in [2.24, 2.45) is 5.92 Å². The zero-order valence-corrected chi connectivity index (χ0v) is 17.3. The normalized spacial score (nSPS) is 18.7. The molecular formula is C24H24N6. The number of hydrogen-bond donors (Lipinski definition) is 0. The smallest absolute Gasteiger partial charge is 0.165 e. The Morgan fingerprint density at radius 2 is 2.03 bits per heavy atom. The van der Waals surface area contributed by atoms with Gasteiger partial charge in [-0.15, -0.1) is 0 Å². The molecule has 1 saturated carbocycles. The van der Waals surface area contributed by atoms with Gasteiger partial charge in [-0.25, -0.2) is 4.98 Å². The molecule has 0 aliphatic heterocycles. The molecule has 6 nitrogen and oxygen atoms in total. The number of aromatic nitrogens is 4. The molecule has 0 bridgehead atoms. The van der Waals surface area contributed by atoms with Crippen LogP contribution in [0.3, 0.4) is 0 Å². The molecule has 1 fully saturated rings. The fourth-order valence-electron chi connectivity index (χ4n) is 4.57. The van der Waals surface area contributed by atoms with Crippen LogP contribution in [0.1, 0.15) is 37.3 Å². The van der Waals surface area contributed by atoms with Crippen molar-refractivity contribution in [2.45, 2.75) is 31.6 Å². The molecule has 2 atom stereocenters. The first-order chi connectivity index (χ1) is 14.6. The molecule has 0 N–H and O–H groups in total. The van der Waals surface area contributed by atoms with Gasteiger partial charge in [0, 0.05) is 60.9 Å². The van der Waals surface area contributed by atoms with Gasteiger partial charge in [-0.05, 0) is 37.3 Å². The molecule has 0 radical (unpaired) electrons. The highest BCUT2D eigenvalue weighted by atomic mass is 15.3. The predicted octanol–water partition coefficient (Wildman–Crippen LogP) is 4.81. The standard InChI is InChI=1S/C24H24N6/c1-29(2)23-13-22(18-8-7-16(11-18)9-10-25)28-24-20(15-27-30(23)24)19-12-17-5-3-4-6-21(17)26-14-19/h3-6,12-16,18H,7-9,11H2,1-2H3. The van der Waals surface area contributed by atoms with Gasteiger partial charge >= 0.3 is 0 Å². The van der Waals surface area contributed by atoms with Gasteiger partial charge in [-0.2, -0.15) is 14.9 Å². The molecule has 3 heterocycles. The molecule has 0 amide bonds. The molecule has 4 aromatic rings. The highest BCUT2D eigenvalue weighted by Gasteiger charge is 2.28. The van der Waals surface area contributed by atoms with Crippen LogP contribution in [0, 0.1) is 17.2 Å². The van der Waals surface area contributed by atoms with E-state index in [0.717, 1.165) is 58.5 Å². The van der Waals surface area contributed by atoms with Crippen molar-refractivity contribution in [2.75, 3.05) is 19.0 Å². The predicted molar refractivity (Wildman–Crippen MR) is 118 cm³/mol. The summed E-state index contributed by atoms with van der Waals surface area (Å²) >= 11 is 0. The summed E-state index contributed by atoms with van der Waals surface area (Å²) < 4.78 is 1.91. The van der Waals surface area contributed by atoms with Crippen molar-refractivity contribution >= 4 is 22.4 Å². The van der Waals surface area contributed by atoms with Gasteiger partial charge in [0.15, 0.2) is 5.65 Å². The third kappa shape index (κ3) is 3.17. The number of rotatable bonds is 4. The summed E-state index contributed by atoms with van der Waals surface area (Å²) in [4.78, 5) is 11.8. The molecular weight excluding hydrogens is 372 g/mol. The van der Waals surface area contributed by atoms with Gasteiger partial charge in [-0.3, -0.25) is 4.98 Å². The largest absolute Gasteiger partial charge is 0.363 e. The molecule has 30 heavy (non-hydrogen) atoms. The van der Waals surface area contributed by atoms with Crippen LogP contribution in [0.2, 0.25) is 0 Å². The molecule has 1 aliphatic carbocycles. The Balaban J connectivity index is 1.63. The maximum atomic E-state index is 9.06. The Morgan fingerprint density at radius 3 is 2.87 bits per heavy atom. The van der Waals surface area contributed by atoms with Crippen molar-refractivity contribution in [1.82, 2.24) is 19.6 Å². The number of nitriles is 1. The lowest BCUT2D eigenvalue weighted by molar-refractivity contribution is 0.549. The van der Waals surface area contributed by atoms with Crippen LogP contribution in [0.15, 0.2) is 48.8 Å². The first-order valence-corrected chi connectivity index (χ1v) is 10.4. The molecule has 6 heteroatoms. The maximum Gasteiger partial charge on any atom is 0.165 e. The Hall–Kier alpha value is -3.46. The van der Waals surface area contributed by atoms with Gasteiger partial charge in [-0.1, -0.05) is 18.2 Å². The number of fused-ring (bicyclic) bond motifs is 2. The van der Waals surface area contributed by atoms with E-state index in [9.17, 15) is 0 Å². The SMILES string of the molecule is CN(C)c1cc(C2CCC(CC#N)C2)nc2c(-c3cnc4ccccc4c3)cnn12. The van der Waals surface area contributed by atoms with Crippen molar-refractivity contribution in [3.05, 3.63) is 54.5 Å². The van der Waals surface area contributed by atoms with Crippen LogP contribution >= 0.6 is 0 Å². The summed E-state index contributed by atoms with van der Waals surface area (Å²) in [6.45, 7) is 0. The average Bonchev–Trinajstić information content (AvgIpc) is 3.40. The van der Waals surface area contributed by atoms with Gasteiger partial charge in [0.05, 0.1) is 17.8 Å². The van der Waals surface area contributed by atoms with E-state index in [1.165, 1.54) is 0 Å². The van der Waals surface area contributed by atoms with E-state index in [0.29, 0.717) is 18.3 Å². The lowest BCUT2D eigenvalue weighted by atomic mass is 9.99. The number of para-hydroxylation sites is 1. The van der Waals surface area contributed by atoms with E-state index in [4.69, 9.17) is 10.2 Å². The lowest BCUT2D eigenvalue weighted by Gasteiger charge is -2.18. The second-order valence-electron chi connectivity index (χ2n) is 8.38. The van der Waals surface area contributed by atoms with Crippen LogP contribution in [-0.4, -0.2) is 33.7 Å². The van der Waals surface area contributed by atoms with Crippen molar-refractivity contribution in [3.8, 4) is 17.2 Å². The molecule has 5 rings (SSSR count). The topological polar surface area (TPSA) is 70.1 Å². The molecule has 150 valence electrons. The van der Waals surface area contributed by atoms with Gasteiger partial charge < -0.3 is 4.90 Å². The molecule has 1 aromatic carbocycles. The third-order valence-corrected chi connectivity index (χ3v) is 6.17. The van der Waals surface area contributed by atoms with E-state index >= 15 is 0 Å². The highest BCUT2D eigenvalue weighted by molar-refractivity contribution is 5.87. The third-order valence-electron chi connectivity index (χ3n) is 6.17. The van der Waals surface area contributed by atoms with E-state index in [1.807, 2.05) is 49.2 Å². The number of anilines is 1. The van der Waals surface area contributed by atoms with Gasteiger partial charge in [0.2, 0.25) is 0 Å². The monoisotopic (exact) mass is 396 g/mol. The van der Waals surface area contributed by atoms with Crippen LogP contribution in [0.25, 0.3) is 27.7 Å². The minimum absolute atomic E-state index is 0.393. The van der Waals surface area contributed by atoms with Gasteiger partial charge in [0.25, 0.3) is 0 Å². The van der Waals surface area contributed by atoms with Crippen LogP contribution in [-0.2, 0) is 0 Å². The zero-order chi connectivity index (χ0) is 20.7. The Bertz CT molecular complexity index is 1270. The summed E-state index contributed by atoms with van der Waals surface area (Å²) in [5, 5.41) is 14.8. The van der Waals surface area contributed by atoms with Crippen LogP contribution < -0.4 is 4.90 Å². The highest BCUT2D eigenvalue weighted by Crippen LogP contribution is 2.40. The quantitative estimate of drug-likeness (QED) is 0.495. The summed E-state index contributed by atoms with van der Waals surface area (Å²) in [5.41, 5.74) is 4.95. The van der Waals surface area contributed by atoms with Crippen molar-refractivity contribution < 1.29 is 0 Å². The molecule has 3 aromatic heterocycles. The first kappa shape index (κ1) is 18.6. The molecule has 1 aliphatic rings. The maximum absolute atomic E-state index is 9.06. The average molecular weight is 396 g/mol. The fraction of sp³-hybridized carbons (Fsp3) is 0.333. The molecule has 2 unspecified atom stereocenters. The van der Waals surface area contributed by atoms with Crippen molar-refractivity contribution in [1.29, 1.82) is 5.26 Å². The van der Waals surface area contributed by atoms with E-state index < -0.39 is 0 Å². The summed E-state index contributed by atoms with van der Waals surface area (Å²) in [7, 11) is 4.06. The minimum Gasteiger partial charge on any atom is -0.363 e. The fourth-order valence-corrected chi connectivity index (χ4v) is 4.57. The Labute approximate surface area is 175 Å². The van der Waals surface area contributed by atoms with Crippen molar-refractivity contribution in [3.63, 3.8) is 0 Å². The number of nitrogens with zero attached hydrogens (tertiary/aromatic N) is 6. The summed E-state index contributed by atoms with van der Waals surface area (Å²) in [6, 6.07) is 14.8. The van der Waals surface area contributed by atoms with Gasteiger partial charge in [0.1, 0.15) is 5.82 Å². The second-order valence-corrected chi connectivity index (χ2v) is 8.38. The number of benzene rings is 1. The summed E-state index contributed by atoms with van der Waals surface area (Å²) in [5.74, 6) is 1.89. The second kappa shape index (κ2) is 7.42. The molecule has 0 saturated heterocycles. The molecule has 0 spiro atoms. The Morgan fingerprint density at radius 1 is 1.17 bits per heavy atom. The first-order valence-electron chi connectivity index (χ1n) is 10.4. The zero-order valence-electron chi connectivity index (χ0n) is 17.3. The number of hydrogen-bond acceptors (Lipinski definition) is 5. The van der Waals surface area contributed by atoms with Crippen LogP contribution in [0.4, 0.5) is 5.82 Å². The summed E-state index contributed by atoms with van der Waals surface area (Å²) in [6.07, 6.45) is 7.65. The number of pyridine rings is 1. The lowest BCUT2D eigenvalue weighted by Crippen LogP contribution is -2.15. The van der Waals surface area contributed by atoms with E-state index in [-0.39, 0.29) is 0 Å². The van der Waals surface area contributed by atoms with Crippen LogP contribution in [0.5, 0.6) is 0 Å². The minimum atomic E-state index is 0.393. The Kier molecular flexibility index (Phi) is 4.59.